The molecule has 1 aromatic heterocycles. The lowest BCUT2D eigenvalue weighted by molar-refractivity contribution is 0.0970. The number of hydrogen-bond acceptors (Lipinski definition) is 4. The first-order chi connectivity index (χ1) is 7.71. The number of Topliss-reactive ketones (excluding diaryl/α,β-unsaturated/α-hetero) is 1. The van der Waals surface area contributed by atoms with Crippen LogP contribution in [0.5, 0.6) is 0 Å². The van der Waals surface area contributed by atoms with Gasteiger partial charge in [-0.05, 0) is 12.0 Å². The van der Waals surface area contributed by atoms with Gasteiger partial charge in [0.05, 0.1) is 14.3 Å². The number of fused-ring (bicyclic) bond motifs is 1. The van der Waals surface area contributed by atoms with Gasteiger partial charge in [-0.1, -0.05) is 26.7 Å². The molecule has 1 atom stereocenters. The molecule has 0 saturated heterocycles. The summed E-state index contributed by atoms with van der Waals surface area (Å²) in [4.78, 5) is 23.5. The van der Waals surface area contributed by atoms with Gasteiger partial charge in [0.25, 0.3) is 0 Å². The molecule has 0 spiro atoms. The van der Waals surface area contributed by atoms with Gasteiger partial charge in [0.2, 0.25) is 0 Å². The molecule has 0 aromatic carbocycles. The van der Waals surface area contributed by atoms with Crippen LogP contribution in [0.1, 0.15) is 46.7 Å². The van der Waals surface area contributed by atoms with Gasteiger partial charge in [0.15, 0.2) is 12.1 Å². The predicted molar refractivity (Wildman–Crippen MR) is 67.8 cm³/mol. The van der Waals surface area contributed by atoms with Gasteiger partial charge < -0.3 is 0 Å². The second-order valence-corrected chi connectivity index (χ2v) is 6.44. The van der Waals surface area contributed by atoms with E-state index in [1.165, 1.54) is 11.3 Å². The van der Waals surface area contributed by atoms with Gasteiger partial charge >= 0.3 is 0 Å². The highest BCUT2D eigenvalue weighted by Gasteiger charge is 2.37. The van der Waals surface area contributed by atoms with E-state index in [4.69, 9.17) is 0 Å². The molecule has 2 heterocycles. The van der Waals surface area contributed by atoms with Crippen molar-refractivity contribution in [2.75, 3.05) is 0 Å². The summed E-state index contributed by atoms with van der Waals surface area (Å²) in [6.45, 7) is 4.26. The number of thiophene rings is 1. The van der Waals surface area contributed by atoms with Crippen molar-refractivity contribution in [3.05, 3.63) is 16.5 Å². The number of hydrogen-bond donors (Lipinski definition) is 0. The van der Waals surface area contributed by atoms with E-state index in [0.29, 0.717) is 10.8 Å². The molecule has 1 aliphatic heterocycles. The minimum Gasteiger partial charge on any atom is -0.297 e. The van der Waals surface area contributed by atoms with E-state index in [9.17, 15) is 9.59 Å². The number of rotatable bonds is 4. The SMILES string of the molecule is CCC(CC)C1Sc2sc(C=O)cc2C1=O. The third-order valence-corrected chi connectivity index (χ3v) is 5.75. The summed E-state index contributed by atoms with van der Waals surface area (Å²) in [5.74, 6) is 0.676. The summed E-state index contributed by atoms with van der Waals surface area (Å²) in [7, 11) is 0. The fourth-order valence-corrected chi connectivity index (χ4v) is 4.89. The van der Waals surface area contributed by atoms with E-state index in [-0.39, 0.29) is 11.0 Å². The van der Waals surface area contributed by atoms with E-state index in [1.807, 2.05) is 0 Å². The Balaban J connectivity index is 2.25. The monoisotopic (exact) mass is 254 g/mol. The first-order valence-corrected chi connectivity index (χ1v) is 7.20. The number of carbonyl (C=O) groups is 2. The topological polar surface area (TPSA) is 34.1 Å². The maximum Gasteiger partial charge on any atom is 0.178 e. The van der Waals surface area contributed by atoms with Gasteiger partial charge in [-0.15, -0.1) is 23.1 Å². The summed E-state index contributed by atoms with van der Waals surface area (Å²) in [5.41, 5.74) is 0.772. The second-order valence-electron chi connectivity index (χ2n) is 3.95. The lowest BCUT2D eigenvalue weighted by Gasteiger charge is -2.17. The van der Waals surface area contributed by atoms with Crippen molar-refractivity contribution in [2.24, 2.45) is 5.92 Å². The van der Waals surface area contributed by atoms with Crippen LogP contribution in [0, 0.1) is 5.92 Å². The van der Waals surface area contributed by atoms with Crippen LogP contribution in [-0.4, -0.2) is 17.3 Å². The zero-order valence-corrected chi connectivity index (χ0v) is 11.0. The van der Waals surface area contributed by atoms with Crippen LogP contribution in [0.4, 0.5) is 0 Å². The third-order valence-electron chi connectivity index (χ3n) is 3.07. The van der Waals surface area contributed by atoms with Gasteiger partial charge in [0.1, 0.15) is 0 Å². The Bertz CT molecular complexity index is 419. The average molecular weight is 254 g/mol. The van der Waals surface area contributed by atoms with E-state index in [2.05, 4.69) is 13.8 Å². The molecule has 86 valence electrons. The normalized spacial score (nSPS) is 19.2. The first-order valence-electron chi connectivity index (χ1n) is 5.51. The summed E-state index contributed by atoms with van der Waals surface area (Å²) in [5, 5.41) is 0.0805. The number of thioether (sulfide) groups is 1. The molecule has 1 aliphatic rings. The number of ketones is 1. The van der Waals surface area contributed by atoms with Gasteiger partial charge in [-0.2, -0.15) is 0 Å². The highest BCUT2D eigenvalue weighted by molar-refractivity contribution is 8.03. The summed E-state index contributed by atoms with van der Waals surface area (Å²) in [6, 6.07) is 1.74. The van der Waals surface area contributed by atoms with Crippen LogP contribution < -0.4 is 0 Å². The van der Waals surface area contributed by atoms with E-state index in [1.54, 1.807) is 17.8 Å². The molecule has 2 rings (SSSR count). The summed E-state index contributed by atoms with van der Waals surface area (Å²) < 4.78 is 1.03. The molecule has 1 unspecified atom stereocenters. The molecule has 4 heteroatoms. The quantitative estimate of drug-likeness (QED) is 0.769. The van der Waals surface area contributed by atoms with Crippen LogP contribution in [0.25, 0.3) is 0 Å². The molecule has 0 N–H and O–H groups in total. The largest absolute Gasteiger partial charge is 0.297 e. The smallest absolute Gasteiger partial charge is 0.178 e. The molecule has 0 bridgehead atoms. The molecule has 1 aromatic rings. The fourth-order valence-electron chi connectivity index (χ4n) is 2.06. The fraction of sp³-hybridized carbons (Fsp3) is 0.500. The van der Waals surface area contributed by atoms with E-state index >= 15 is 0 Å². The van der Waals surface area contributed by atoms with Gasteiger partial charge in [0, 0.05) is 5.56 Å². The Morgan fingerprint density at radius 3 is 2.62 bits per heavy atom. The van der Waals surface area contributed by atoms with Crippen molar-refractivity contribution in [1.82, 2.24) is 0 Å². The Labute approximate surface area is 103 Å². The minimum absolute atomic E-state index is 0.0805. The lowest BCUT2D eigenvalue weighted by atomic mass is 9.94. The summed E-state index contributed by atoms with van der Waals surface area (Å²) in [6.07, 6.45) is 2.90. The van der Waals surface area contributed by atoms with E-state index in [0.717, 1.165) is 28.9 Å². The van der Waals surface area contributed by atoms with Crippen molar-refractivity contribution < 1.29 is 9.59 Å². The van der Waals surface area contributed by atoms with Gasteiger partial charge in [-0.3, -0.25) is 9.59 Å². The molecule has 2 nitrogen and oxygen atoms in total. The first kappa shape index (κ1) is 11.9. The zero-order valence-electron chi connectivity index (χ0n) is 9.36. The third kappa shape index (κ3) is 1.84. The number of aldehydes is 1. The molecule has 16 heavy (non-hydrogen) atoms. The van der Waals surface area contributed by atoms with Crippen molar-refractivity contribution in [3.63, 3.8) is 0 Å². The van der Waals surface area contributed by atoms with Crippen LogP contribution in [0.15, 0.2) is 10.3 Å². The Kier molecular flexibility index (Phi) is 3.50. The number of carbonyl (C=O) groups excluding carboxylic acids is 2. The molecular formula is C12H14O2S2. The highest BCUT2D eigenvalue weighted by atomic mass is 32.2. The molecule has 0 saturated carbocycles. The van der Waals surface area contributed by atoms with E-state index < -0.39 is 0 Å². The Hall–Kier alpha value is -0.610. The van der Waals surface area contributed by atoms with Gasteiger partial charge in [-0.25, -0.2) is 0 Å². The molecule has 0 radical (unpaired) electrons. The Morgan fingerprint density at radius 1 is 1.44 bits per heavy atom. The lowest BCUT2D eigenvalue weighted by Crippen LogP contribution is -2.22. The zero-order chi connectivity index (χ0) is 11.7. The molecular weight excluding hydrogens is 240 g/mol. The molecule has 0 amide bonds. The summed E-state index contributed by atoms with van der Waals surface area (Å²) >= 11 is 3.09. The average Bonchev–Trinajstić information content (AvgIpc) is 2.82. The van der Waals surface area contributed by atoms with Crippen molar-refractivity contribution in [1.29, 1.82) is 0 Å². The van der Waals surface area contributed by atoms with Crippen molar-refractivity contribution in [2.45, 2.75) is 36.1 Å². The van der Waals surface area contributed by atoms with Crippen molar-refractivity contribution >= 4 is 35.2 Å². The van der Waals surface area contributed by atoms with Crippen LogP contribution in [0.2, 0.25) is 0 Å². The standard InChI is InChI=1S/C12H14O2S2/c1-3-7(4-2)11-10(14)9-5-8(6-13)15-12(9)16-11/h5-7,11H,3-4H2,1-2H3. The maximum atomic E-state index is 12.2. The second kappa shape index (κ2) is 4.72. The molecule has 0 fully saturated rings. The highest BCUT2D eigenvalue weighted by Crippen LogP contribution is 2.46. The maximum absolute atomic E-state index is 12.2. The predicted octanol–water partition coefficient (Wildman–Crippen LogP) is 3.65. The molecule has 0 aliphatic carbocycles. The van der Waals surface area contributed by atoms with Crippen LogP contribution >= 0.6 is 23.1 Å². The van der Waals surface area contributed by atoms with Crippen molar-refractivity contribution in [3.8, 4) is 0 Å². The van der Waals surface area contributed by atoms with Crippen LogP contribution in [0.3, 0.4) is 0 Å². The minimum atomic E-state index is 0.0805. The Morgan fingerprint density at radius 2 is 2.12 bits per heavy atom. The van der Waals surface area contributed by atoms with Crippen LogP contribution in [-0.2, 0) is 0 Å².